The van der Waals surface area contributed by atoms with Crippen molar-refractivity contribution in [2.75, 3.05) is 13.2 Å². The molecule has 0 aliphatic rings. The van der Waals surface area contributed by atoms with E-state index in [0.717, 1.165) is 44.9 Å². The number of ether oxygens (including phenoxy) is 2. The summed E-state index contributed by atoms with van der Waals surface area (Å²) in [4.78, 5) is 24.2. The van der Waals surface area contributed by atoms with Crippen molar-refractivity contribution in [3.05, 3.63) is 12.2 Å². The van der Waals surface area contributed by atoms with Gasteiger partial charge in [-0.15, -0.1) is 0 Å². The summed E-state index contributed by atoms with van der Waals surface area (Å²) in [6, 6.07) is 0. The van der Waals surface area contributed by atoms with Gasteiger partial charge in [-0.2, -0.15) is 0 Å². The average molecular weight is 637 g/mol. The highest BCUT2D eigenvalue weighted by Gasteiger charge is 2.16. The quantitative estimate of drug-likeness (QED) is 0.0421. The van der Waals surface area contributed by atoms with Gasteiger partial charge in [-0.25, -0.2) is 0 Å². The first-order chi connectivity index (χ1) is 22.1. The second-order valence-corrected chi connectivity index (χ2v) is 13.4. The van der Waals surface area contributed by atoms with Gasteiger partial charge in [-0.05, 0) is 38.5 Å². The van der Waals surface area contributed by atoms with Gasteiger partial charge in [0.05, 0.1) is 6.61 Å². The molecular formula is C40H76O5. The number of carbonyl (C=O) groups excluding carboxylic acids is 2. The van der Waals surface area contributed by atoms with E-state index in [9.17, 15) is 14.7 Å². The second kappa shape index (κ2) is 37.1. The Labute approximate surface area is 280 Å². The van der Waals surface area contributed by atoms with Crippen molar-refractivity contribution in [1.82, 2.24) is 0 Å². The van der Waals surface area contributed by atoms with Crippen LogP contribution in [0.1, 0.15) is 213 Å². The summed E-state index contributed by atoms with van der Waals surface area (Å²) in [5.41, 5.74) is 0. The summed E-state index contributed by atoms with van der Waals surface area (Å²) >= 11 is 0. The van der Waals surface area contributed by atoms with E-state index >= 15 is 0 Å². The van der Waals surface area contributed by atoms with Crippen LogP contribution in [0.3, 0.4) is 0 Å². The van der Waals surface area contributed by atoms with E-state index in [1.165, 1.54) is 141 Å². The number of rotatable bonds is 36. The lowest BCUT2D eigenvalue weighted by atomic mass is 10.0. The van der Waals surface area contributed by atoms with Crippen LogP contribution in [0.5, 0.6) is 0 Å². The van der Waals surface area contributed by atoms with Crippen molar-refractivity contribution < 1.29 is 24.2 Å². The van der Waals surface area contributed by atoms with Crippen molar-refractivity contribution in [2.24, 2.45) is 0 Å². The van der Waals surface area contributed by atoms with E-state index in [1.54, 1.807) is 0 Å². The standard InChI is InChI=1S/C40H76O5/c1-3-5-7-9-11-13-15-17-18-19-20-21-23-25-27-29-31-33-35-40(43)45-38(36-41)37-44-39(42)34-32-30-28-26-24-22-16-14-12-10-8-6-4-2/h14,16,38,41H,3-13,15,17-37H2,1-2H3/b16-14-/t38-/m0/s1. The summed E-state index contributed by atoms with van der Waals surface area (Å²) in [5, 5.41) is 9.54. The molecule has 0 aliphatic heterocycles. The number of carbonyl (C=O) groups is 2. The summed E-state index contributed by atoms with van der Waals surface area (Å²) in [6.07, 6.45) is 41.3. The maximum absolute atomic E-state index is 12.2. The van der Waals surface area contributed by atoms with Crippen molar-refractivity contribution in [1.29, 1.82) is 0 Å². The molecule has 0 saturated carbocycles. The van der Waals surface area contributed by atoms with Crippen LogP contribution < -0.4 is 0 Å². The summed E-state index contributed by atoms with van der Waals surface area (Å²) in [5.74, 6) is -0.591. The predicted molar refractivity (Wildman–Crippen MR) is 192 cm³/mol. The topological polar surface area (TPSA) is 72.8 Å². The molecule has 266 valence electrons. The minimum atomic E-state index is -0.767. The smallest absolute Gasteiger partial charge is 0.306 e. The third-order valence-electron chi connectivity index (χ3n) is 8.81. The minimum Gasteiger partial charge on any atom is -0.462 e. The maximum atomic E-state index is 12.2. The number of aliphatic hydroxyl groups excluding tert-OH is 1. The van der Waals surface area contributed by atoms with Crippen LogP contribution in [0, 0.1) is 0 Å². The molecule has 5 nitrogen and oxygen atoms in total. The summed E-state index contributed by atoms with van der Waals surface area (Å²) < 4.78 is 10.6. The Balaban J connectivity index is 3.51. The molecule has 0 fully saturated rings. The molecule has 1 N–H and O–H groups in total. The fourth-order valence-electron chi connectivity index (χ4n) is 5.78. The zero-order valence-corrected chi connectivity index (χ0v) is 30.1. The van der Waals surface area contributed by atoms with E-state index in [4.69, 9.17) is 9.47 Å². The van der Waals surface area contributed by atoms with Gasteiger partial charge >= 0.3 is 11.9 Å². The van der Waals surface area contributed by atoms with Gasteiger partial charge in [-0.3, -0.25) is 9.59 Å². The number of hydrogen-bond donors (Lipinski definition) is 1. The maximum Gasteiger partial charge on any atom is 0.306 e. The summed E-state index contributed by atoms with van der Waals surface area (Å²) in [6.45, 7) is 4.13. The van der Waals surface area contributed by atoms with Crippen LogP contribution in [0.4, 0.5) is 0 Å². The normalized spacial score (nSPS) is 12.2. The molecule has 0 heterocycles. The number of aliphatic hydroxyl groups is 1. The van der Waals surface area contributed by atoms with Crippen LogP contribution >= 0.6 is 0 Å². The van der Waals surface area contributed by atoms with Crippen LogP contribution in [0.2, 0.25) is 0 Å². The molecule has 0 spiro atoms. The molecule has 0 aromatic rings. The average Bonchev–Trinajstić information content (AvgIpc) is 3.04. The first-order valence-electron chi connectivity index (χ1n) is 19.7. The lowest BCUT2D eigenvalue weighted by Crippen LogP contribution is -2.28. The van der Waals surface area contributed by atoms with Crippen LogP contribution in [0.25, 0.3) is 0 Å². The molecule has 5 heteroatoms. The third kappa shape index (κ3) is 35.3. The number of unbranched alkanes of at least 4 members (excludes halogenated alkanes) is 26. The number of allylic oxidation sites excluding steroid dienone is 2. The highest BCUT2D eigenvalue weighted by atomic mass is 16.6. The first kappa shape index (κ1) is 43.6. The van der Waals surface area contributed by atoms with Gasteiger partial charge in [-0.1, -0.05) is 174 Å². The molecule has 0 radical (unpaired) electrons. The second-order valence-electron chi connectivity index (χ2n) is 13.4. The Morgan fingerprint density at radius 3 is 1.22 bits per heavy atom. The largest absolute Gasteiger partial charge is 0.462 e. The fraction of sp³-hybridized carbons (Fsp3) is 0.900. The molecule has 0 aromatic heterocycles. The molecular weight excluding hydrogens is 560 g/mol. The van der Waals surface area contributed by atoms with Gasteiger partial charge in [0.25, 0.3) is 0 Å². The number of esters is 2. The Morgan fingerprint density at radius 2 is 0.822 bits per heavy atom. The van der Waals surface area contributed by atoms with Crippen molar-refractivity contribution in [3.8, 4) is 0 Å². The lowest BCUT2D eigenvalue weighted by Gasteiger charge is -2.15. The summed E-state index contributed by atoms with van der Waals surface area (Å²) in [7, 11) is 0. The van der Waals surface area contributed by atoms with Crippen molar-refractivity contribution >= 4 is 11.9 Å². The zero-order chi connectivity index (χ0) is 32.9. The van der Waals surface area contributed by atoms with Crippen LogP contribution in [-0.4, -0.2) is 36.4 Å². The fourth-order valence-corrected chi connectivity index (χ4v) is 5.78. The monoisotopic (exact) mass is 637 g/mol. The Hall–Kier alpha value is -1.36. The molecule has 0 aromatic carbocycles. The molecule has 0 unspecified atom stereocenters. The predicted octanol–water partition coefficient (Wildman–Crippen LogP) is 12.1. The van der Waals surface area contributed by atoms with E-state index in [0.29, 0.717) is 12.8 Å². The van der Waals surface area contributed by atoms with Gasteiger partial charge < -0.3 is 14.6 Å². The van der Waals surface area contributed by atoms with Gasteiger partial charge in [0.2, 0.25) is 0 Å². The molecule has 0 saturated heterocycles. The van der Waals surface area contributed by atoms with Crippen molar-refractivity contribution in [2.45, 2.75) is 219 Å². The Bertz CT molecular complexity index is 647. The molecule has 0 rings (SSSR count). The molecule has 0 aliphatic carbocycles. The molecule has 45 heavy (non-hydrogen) atoms. The van der Waals surface area contributed by atoms with E-state index in [1.807, 2.05) is 0 Å². The van der Waals surface area contributed by atoms with Crippen molar-refractivity contribution in [3.63, 3.8) is 0 Å². The van der Waals surface area contributed by atoms with Gasteiger partial charge in [0.15, 0.2) is 6.10 Å². The zero-order valence-electron chi connectivity index (χ0n) is 30.1. The molecule has 1 atom stereocenters. The first-order valence-corrected chi connectivity index (χ1v) is 19.7. The Kier molecular flexibility index (Phi) is 36.0. The number of hydrogen-bond acceptors (Lipinski definition) is 5. The SMILES string of the molecule is CCCCCC/C=C\CCCCCCCC(=O)OC[C@H](CO)OC(=O)CCCCCCCCCCCCCCCCCCCC. The van der Waals surface area contributed by atoms with Gasteiger partial charge in [0.1, 0.15) is 6.61 Å². The lowest BCUT2D eigenvalue weighted by molar-refractivity contribution is -0.161. The third-order valence-corrected chi connectivity index (χ3v) is 8.81. The van der Waals surface area contributed by atoms with Crippen LogP contribution in [0.15, 0.2) is 12.2 Å². The molecule has 0 amide bonds. The van der Waals surface area contributed by atoms with E-state index < -0.39 is 6.10 Å². The highest BCUT2D eigenvalue weighted by molar-refractivity contribution is 5.70. The van der Waals surface area contributed by atoms with E-state index in [2.05, 4.69) is 26.0 Å². The highest BCUT2D eigenvalue weighted by Crippen LogP contribution is 2.15. The Morgan fingerprint density at radius 1 is 0.489 bits per heavy atom. The van der Waals surface area contributed by atoms with Crippen LogP contribution in [-0.2, 0) is 19.1 Å². The van der Waals surface area contributed by atoms with E-state index in [-0.39, 0.29) is 25.2 Å². The minimum absolute atomic E-state index is 0.0645. The molecule has 0 bridgehead atoms. The van der Waals surface area contributed by atoms with Gasteiger partial charge in [0, 0.05) is 12.8 Å².